The van der Waals surface area contributed by atoms with Crippen LogP contribution in [0.3, 0.4) is 0 Å². The molecule has 6 nitrogen and oxygen atoms in total. The highest BCUT2D eigenvalue weighted by atomic mass is 35.5. The standard InChI is InChI=1S/C20H22ClF3N4O2/c1-12(2)16(28-18(29)13-6-3-4-8-15(13)21)19(30)27-11-10-26-17-14(20(22,23)24)7-5-9-25-17/h3-9,12,16H,10-11H2,1-2H3,(H,25,26)(H,27,30)(H,28,29). The molecule has 0 radical (unpaired) electrons. The molecule has 0 saturated heterocycles. The van der Waals surface area contributed by atoms with Gasteiger partial charge in [0.15, 0.2) is 0 Å². The maximum Gasteiger partial charge on any atom is 0.419 e. The largest absolute Gasteiger partial charge is 0.419 e. The first kappa shape index (κ1) is 23.5. The molecule has 1 atom stereocenters. The molecule has 30 heavy (non-hydrogen) atoms. The first-order chi connectivity index (χ1) is 14.1. The number of nitrogens with one attached hydrogen (secondary N) is 3. The minimum absolute atomic E-state index is 0.0229. The first-order valence-electron chi connectivity index (χ1n) is 9.20. The molecule has 2 amide bonds. The van der Waals surface area contributed by atoms with E-state index in [1.54, 1.807) is 38.1 Å². The van der Waals surface area contributed by atoms with Crippen molar-refractivity contribution >= 4 is 29.2 Å². The van der Waals surface area contributed by atoms with Gasteiger partial charge in [-0.05, 0) is 30.2 Å². The van der Waals surface area contributed by atoms with Crippen LogP contribution in [0, 0.1) is 5.92 Å². The Morgan fingerprint density at radius 3 is 2.43 bits per heavy atom. The van der Waals surface area contributed by atoms with Crippen molar-refractivity contribution in [3.63, 3.8) is 0 Å². The van der Waals surface area contributed by atoms with Crippen molar-refractivity contribution in [3.05, 3.63) is 58.7 Å². The minimum atomic E-state index is -4.54. The number of aromatic nitrogens is 1. The number of anilines is 1. The van der Waals surface area contributed by atoms with Crippen molar-refractivity contribution in [3.8, 4) is 0 Å². The van der Waals surface area contributed by atoms with Crippen molar-refractivity contribution in [1.82, 2.24) is 15.6 Å². The zero-order valence-electron chi connectivity index (χ0n) is 16.4. The maximum absolute atomic E-state index is 13.0. The van der Waals surface area contributed by atoms with Crippen LogP contribution in [-0.2, 0) is 11.0 Å². The van der Waals surface area contributed by atoms with Crippen LogP contribution in [0.25, 0.3) is 0 Å². The lowest BCUT2D eigenvalue weighted by Crippen LogP contribution is -2.50. The zero-order valence-corrected chi connectivity index (χ0v) is 17.1. The number of pyridine rings is 1. The van der Waals surface area contributed by atoms with Crippen molar-refractivity contribution in [2.24, 2.45) is 5.92 Å². The Balaban J connectivity index is 1.92. The second-order valence-electron chi connectivity index (χ2n) is 6.79. The third kappa shape index (κ3) is 6.35. The topological polar surface area (TPSA) is 83.1 Å². The third-order valence-corrected chi connectivity index (χ3v) is 4.51. The summed E-state index contributed by atoms with van der Waals surface area (Å²) in [6, 6.07) is 7.74. The van der Waals surface area contributed by atoms with E-state index in [0.29, 0.717) is 0 Å². The summed E-state index contributed by atoms with van der Waals surface area (Å²) in [5.41, 5.74) is -0.641. The van der Waals surface area contributed by atoms with E-state index in [0.717, 1.165) is 6.07 Å². The van der Waals surface area contributed by atoms with Crippen LogP contribution in [0.1, 0.15) is 29.8 Å². The molecule has 1 heterocycles. The number of hydrogen-bond acceptors (Lipinski definition) is 4. The molecule has 1 aromatic carbocycles. The minimum Gasteiger partial charge on any atom is -0.368 e. The van der Waals surface area contributed by atoms with Crippen molar-refractivity contribution in [2.75, 3.05) is 18.4 Å². The van der Waals surface area contributed by atoms with E-state index in [1.807, 2.05) is 0 Å². The third-order valence-electron chi connectivity index (χ3n) is 4.18. The van der Waals surface area contributed by atoms with Crippen molar-refractivity contribution in [1.29, 1.82) is 0 Å². The Kier molecular flexibility index (Phi) is 8.05. The maximum atomic E-state index is 13.0. The first-order valence-corrected chi connectivity index (χ1v) is 9.58. The molecule has 0 aliphatic carbocycles. The number of carbonyl (C=O) groups excluding carboxylic acids is 2. The summed E-state index contributed by atoms with van der Waals surface area (Å²) in [6.07, 6.45) is -3.29. The second-order valence-corrected chi connectivity index (χ2v) is 7.20. The number of nitrogens with zero attached hydrogens (tertiary/aromatic N) is 1. The van der Waals surface area contributed by atoms with Crippen molar-refractivity contribution in [2.45, 2.75) is 26.1 Å². The summed E-state index contributed by atoms with van der Waals surface area (Å²) in [5, 5.41) is 8.08. The van der Waals surface area contributed by atoms with Gasteiger partial charge in [-0.2, -0.15) is 13.2 Å². The summed E-state index contributed by atoms with van der Waals surface area (Å²) in [6.45, 7) is 3.59. The summed E-state index contributed by atoms with van der Waals surface area (Å²) in [4.78, 5) is 28.6. The Morgan fingerprint density at radius 1 is 1.10 bits per heavy atom. The number of hydrogen-bond donors (Lipinski definition) is 3. The van der Waals surface area contributed by atoms with Gasteiger partial charge in [0.2, 0.25) is 5.91 Å². The number of carbonyl (C=O) groups is 2. The van der Waals surface area contributed by atoms with E-state index in [9.17, 15) is 22.8 Å². The van der Waals surface area contributed by atoms with Gasteiger partial charge in [0, 0.05) is 19.3 Å². The van der Waals surface area contributed by atoms with Gasteiger partial charge in [-0.25, -0.2) is 4.98 Å². The molecule has 0 saturated carbocycles. The summed E-state index contributed by atoms with van der Waals surface area (Å²) in [7, 11) is 0. The normalized spacial score (nSPS) is 12.4. The molecule has 0 aliphatic rings. The van der Waals surface area contributed by atoms with Gasteiger partial charge in [0.05, 0.1) is 16.1 Å². The van der Waals surface area contributed by atoms with Crippen LogP contribution >= 0.6 is 11.6 Å². The SMILES string of the molecule is CC(C)C(NC(=O)c1ccccc1Cl)C(=O)NCCNc1ncccc1C(F)(F)F. The zero-order chi connectivity index (χ0) is 22.3. The summed E-state index contributed by atoms with van der Waals surface area (Å²) in [5.74, 6) is -1.48. The van der Waals surface area contributed by atoms with Gasteiger partial charge in [-0.1, -0.05) is 37.6 Å². The highest BCUT2D eigenvalue weighted by molar-refractivity contribution is 6.33. The molecule has 2 rings (SSSR count). The second kappa shape index (κ2) is 10.3. The van der Waals surface area contributed by atoms with E-state index >= 15 is 0 Å². The van der Waals surface area contributed by atoms with E-state index in [4.69, 9.17) is 11.6 Å². The number of benzene rings is 1. The Hall–Kier alpha value is -2.81. The lowest BCUT2D eigenvalue weighted by Gasteiger charge is -2.22. The smallest absolute Gasteiger partial charge is 0.368 e. The molecule has 3 N–H and O–H groups in total. The van der Waals surface area contributed by atoms with Gasteiger partial charge in [0.25, 0.3) is 5.91 Å². The fraction of sp³-hybridized carbons (Fsp3) is 0.350. The van der Waals surface area contributed by atoms with Gasteiger partial charge in [-0.3, -0.25) is 9.59 Å². The molecule has 2 aromatic rings. The predicted molar refractivity (Wildman–Crippen MR) is 108 cm³/mol. The Labute approximate surface area is 177 Å². The molecule has 0 fully saturated rings. The average Bonchev–Trinajstić information content (AvgIpc) is 2.68. The van der Waals surface area contributed by atoms with E-state index < -0.39 is 29.6 Å². The molecule has 1 unspecified atom stereocenters. The lowest BCUT2D eigenvalue weighted by molar-refractivity contribution is -0.137. The summed E-state index contributed by atoms with van der Waals surface area (Å²) >= 11 is 6.01. The fourth-order valence-electron chi connectivity index (χ4n) is 2.65. The van der Waals surface area contributed by atoms with Crippen LogP contribution in [0.2, 0.25) is 5.02 Å². The van der Waals surface area contributed by atoms with Gasteiger partial charge < -0.3 is 16.0 Å². The van der Waals surface area contributed by atoms with Gasteiger partial charge >= 0.3 is 6.18 Å². The highest BCUT2D eigenvalue weighted by Crippen LogP contribution is 2.33. The lowest BCUT2D eigenvalue weighted by atomic mass is 10.0. The number of rotatable bonds is 8. The summed E-state index contributed by atoms with van der Waals surface area (Å²) < 4.78 is 38.9. The molecule has 10 heteroatoms. The monoisotopic (exact) mass is 442 g/mol. The quantitative estimate of drug-likeness (QED) is 0.544. The van der Waals surface area contributed by atoms with Gasteiger partial charge in [0.1, 0.15) is 11.9 Å². The van der Waals surface area contributed by atoms with Crippen LogP contribution in [0.4, 0.5) is 19.0 Å². The fourth-order valence-corrected chi connectivity index (χ4v) is 2.87. The molecule has 0 spiro atoms. The van der Waals surface area contributed by atoms with Crippen LogP contribution in [0.15, 0.2) is 42.6 Å². The van der Waals surface area contributed by atoms with E-state index in [-0.39, 0.29) is 35.4 Å². The van der Waals surface area contributed by atoms with Crippen LogP contribution in [-0.4, -0.2) is 35.9 Å². The Morgan fingerprint density at radius 2 is 1.80 bits per heavy atom. The van der Waals surface area contributed by atoms with Crippen LogP contribution in [0.5, 0.6) is 0 Å². The van der Waals surface area contributed by atoms with Crippen molar-refractivity contribution < 1.29 is 22.8 Å². The number of amides is 2. The highest BCUT2D eigenvalue weighted by Gasteiger charge is 2.34. The van der Waals surface area contributed by atoms with Crippen LogP contribution < -0.4 is 16.0 Å². The van der Waals surface area contributed by atoms with Gasteiger partial charge in [-0.15, -0.1) is 0 Å². The molecular weight excluding hydrogens is 421 g/mol. The number of alkyl halides is 3. The molecule has 0 aliphatic heterocycles. The molecule has 162 valence electrons. The molecule has 0 bridgehead atoms. The average molecular weight is 443 g/mol. The molecule has 1 aromatic heterocycles. The van der Waals surface area contributed by atoms with E-state index in [1.165, 1.54) is 12.3 Å². The molecular formula is C20H22ClF3N4O2. The number of halogens is 4. The predicted octanol–water partition coefficient (Wildman–Crippen LogP) is 3.74. The Bertz CT molecular complexity index is 890. The van der Waals surface area contributed by atoms with E-state index in [2.05, 4.69) is 20.9 Å².